The summed E-state index contributed by atoms with van der Waals surface area (Å²) in [5.74, 6) is -0.0104. The van der Waals surface area contributed by atoms with Crippen LogP contribution in [0.15, 0.2) is 41.5 Å². The van der Waals surface area contributed by atoms with Crippen LogP contribution in [0.1, 0.15) is 25.3 Å². The Balaban J connectivity index is 1.70. The summed E-state index contributed by atoms with van der Waals surface area (Å²) >= 11 is 0. The van der Waals surface area contributed by atoms with Crippen LogP contribution in [0.2, 0.25) is 0 Å². The summed E-state index contributed by atoms with van der Waals surface area (Å²) in [6, 6.07) is 5.71. The molecule has 1 fully saturated rings. The molecule has 1 aliphatic rings. The summed E-state index contributed by atoms with van der Waals surface area (Å²) in [4.78, 5) is 27.5. The van der Waals surface area contributed by atoms with Crippen molar-refractivity contribution in [3.8, 4) is 11.3 Å². The molecule has 1 aliphatic heterocycles. The third-order valence-corrected chi connectivity index (χ3v) is 5.45. The molecule has 0 bridgehead atoms. The van der Waals surface area contributed by atoms with Gasteiger partial charge in [-0.15, -0.1) is 0 Å². The fourth-order valence-electron chi connectivity index (χ4n) is 3.93. The number of benzene rings is 1. The lowest BCUT2D eigenvalue weighted by Gasteiger charge is -2.31. The molecule has 3 heterocycles. The highest BCUT2D eigenvalue weighted by atomic mass is 19.1. The molecule has 29 heavy (non-hydrogen) atoms. The molecule has 3 aromatic rings. The van der Waals surface area contributed by atoms with Crippen LogP contribution in [0.25, 0.3) is 16.8 Å². The Kier molecular flexibility index (Phi) is 5.19. The fraction of sp³-hybridized carbons (Fsp3) is 0.381. The minimum atomic E-state index is -0.396. The van der Waals surface area contributed by atoms with Gasteiger partial charge in [0.05, 0.1) is 12.3 Å². The van der Waals surface area contributed by atoms with Gasteiger partial charge in [-0.1, -0.05) is 6.92 Å². The topological polar surface area (TPSA) is 79.8 Å². The van der Waals surface area contributed by atoms with Gasteiger partial charge in [0, 0.05) is 36.6 Å². The summed E-state index contributed by atoms with van der Waals surface area (Å²) in [6.45, 7) is 3.09. The number of hydrogen-bond donors (Lipinski definition) is 1. The first-order valence-electron chi connectivity index (χ1n) is 9.73. The first-order chi connectivity index (χ1) is 14.0. The Morgan fingerprint density at radius 3 is 2.72 bits per heavy atom. The van der Waals surface area contributed by atoms with Crippen molar-refractivity contribution in [1.82, 2.24) is 19.1 Å². The Bertz CT molecular complexity index is 1100. The predicted molar refractivity (Wildman–Crippen MR) is 106 cm³/mol. The van der Waals surface area contributed by atoms with E-state index in [2.05, 4.69) is 12.0 Å². The first-order valence-corrected chi connectivity index (χ1v) is 9.73. The van der Waals surface area contributed by atoms with Crippen molar-refractivity contribution in [2.75, 3.05) is 13.1 Å². The van der Waals surface area contributed by atoms with Gasteiger partial charge in [0.15, 0.2) is 0 Å². The zero-order valence-electron chi connectivity index (χ0n) is 16.2. The van der Waals surface area contributed by atoms with E-state index in [1.54, 1.807) is 23.2 Å². The van der Waals surface area contributed by atoms with Crippen molar-refractivity contribution in [1.29, 1.82) is 0 Å². The van der Waals surface area contributed by atoms with Crippen LogP contribution in [0.4, 0.5) is 4.39 Å². The van der Waals surface area contributed by atoms with E-state index in [0.717, 1.165) is 12.8 Å². The van der Waals surface area contributed by atoms with Gasteiger partial charge < -0.3 is 14.6 Å². The molecule has 1 saturated heterocycles. The first kappa shape index (κ1) is 19.3. The number of amides is 1. The lowest BCUT2D eigenvalue weighted by atomic mass is 10.0. The van der Waals surface area contributed by atoms with E-state index in [0.29, 0.717) is 35.8 Å². The lowest BCUT2D eigenvalue weighted by molar-refractivity contribution is -0.133. The van der Waals surface area contributed by atoms with Gasteiger partial charge in [0.1, 0.15) is 17.9 Å². The molecular formula is C21H23FN4O3. The van der Waals surface area contributed by atoms with Crippen molar-refractivity contribution in [2.24, 2.45) is 5.92 Å². The number of fused-ring (bicyclic) bond motifs is 1. The van der Waals surface area contributed by atoms with Crippen molar-refractivity contribution < 1.29 is 14.3 Å². The summed E-state index contributed by atoms with van der Waals surface area (Å²) in [5, 5.41) is 14.3. The normalized spacial score (nSPS) is 17.1. The summed E-state index contributed by atoms with van der Waals surface area (Å²) in [6.07, 6.45) is 5.20. The standard InChI is InChI=1S/C21H23FN4O3/c1-14-3-2-8-24(11-14)18(28)12-25-9-10-26-20(21(25)29)17(13-27)19(23-26)15-4-6-16(22)7-5-15/h4-7,9-10,14,27H,2-3,8,11-13H2,1H3/t14-/m0/s1. The average molecular weight is 398 g/mol. The molecule has 0 unspecified atom stereocenters. The molecule has 7 nitrogen and oxygen atoms in total. The highest BCUT2D eigenvalue weighted by molar-refractivity contribution is 5.76. The van der Waals surface area contributed by atoms with Crippen LogP contribution in [0.5, 0.6) is 0 Å². The molecule has 1 amide bonds. The van der Waals surface area contributed by atoms with Gasteiger partial charge in [-0.25, -0.2) is 8.91 Å². The SMILES string of the molecule is C[C@H]1CCCN(C(=O)Cn2ccn3nc(-c4ccc(F)cc4)c(CO)c3c2=O)C1. The zero-order valence-corrected chi connectivity index (χ0v) is 16.2. The number of rotatable bonds is 4. The van der Waals surface area contributed by atoms with E-state index in [4.69, 9.17) is 0 Å². The van der Waals surface area contributed by atoms with Gasteiger partial charge in [0.25, 0.3) is 5.56 Å². The smallest absolute Gasteiger partial charge is 0.277 e. The second-order valence-corrected chi connectivity index (χ2v) is 7.60. The zero-order chi connectivity index (χ0) is 20.5. The average Bonchev–Trinajstić information content (AvgIpc) is 3.10. The molecule has 2 aromatic heterocycles. The lowest BCUT2D eigenvalue weighted by Crippen LogP contribution is -2.42. The molecule has 1 atom stereocenters. The molecular weight excluding hydrogens is 375 g/mol. The highest BCUT2D eigenvalue weighted by Crippen LogP contribution is 2.25. The van der Waals surface area contributed by atoms with E-state index in [1.807, 2.05) is 0 Å². The maximum absolute atomic E-state index is 13.2. The number of halogens is 1. The largest absolute Gasteiger partial charge is 0.392 e. The van der Waals surface area contributed by atoms with Crippen LogP contribution >= 0.6 is 0 Å². The molecule has 0 aliphatic carbocycles. The number of aromatic nitrogens is 3. The second-order valence-electron chi connectivity index (χ2n) is 7.60. The third-order valence-electron chi connectivity index (χ3n) is 5.45. The quantitative estimate of drug-likeness (QED) is 0.730. The van der Waals surface area contributed by atoms with E-state index in [9.17, 15) is 19.1 Å². The van der Waals surface area contributed by atoms with Crippen LogP contribution in [0, 0.1) is 11.7 Å². The Morgan fingerprint density at radius 2 is 2.03 bits per heavy atom. The van der Waals surface area contributed by atoms with Crippen molar-refractivity contribution in [3.05, 3.63) is 58.4 Å². The molecule has 0 saturated carbocycles. The van der Waals surface area contributed by atoms with E-state index in [1.165, 1.54) is 27.4 Å². The van der Waals surface area contributed by atoms with E-state index >= 15 is 0 Å². The highest BCUT2D eigenvalue weighted by Gasteiger charge is 2.23. The summed E-state index contributed by atoms with van der Waals surface area (Å²) in [7, 11) is 0. The molecule has 1 aromatic carbocycles. The van der Waals surface area contributed by atoms with Crippen molar-refractivity contribution >= 4 is 11.4 Å². The number of hydrogen-bond acceptors (Lipinski definition) is 4. The monoisotopic (exact) mass is 398 g/mol. The number of carbonyl (C=O) groups excluding carboxylic acids is 1. The number of carbonyl (C=O) groups is 1. The molecule has 4 rings (SSSR count). The predicted octanol–water partition coefficient (Wildman–Crippen LogP) is 2.05. The van der Waals surface area contributed by atoms with Gasteiger partial charge >= 0.3 is 0 Å². The molecule has 0 spiro atoms. The maximum Gasteiger partial charge on any atom is 0.277 e. The fourth-order valence-corrected chi connectivity index (χ4v) is 3.93. The van der Waals surface area contributed by atoms with Crippen molar-refractivity contribution in [2.45, 2.75) is 32.9 Å². The van der Waals surface area contributed by atoms with E-state index < -0.39 is 12.2 Å². The second kappa shape index (κ2) is 7.79. The minimum absolute atomic E-state index is 0.0516. The molecule has 8 heteroatoms. The number of aliphatic hydroxyl groups excluding tert-OH is 1. The third kappa shape index (κ3) is 3.67. The van der Waals surface area contributed by atoms with Crippen LogP contribution in [0.3, 0.4) is 0 Å². The van der Waals surface area contributed by atoms with Gasteiger partial charge in [0.2, 0.25) is 5.91 Å². The van der Waals surface area contributed by atoms with Crippen LogP contribution < -0.4 is 5.56 Å². The number of piperidine rings is 1. The minimum Gasteiger partial charge on any atom is -0.392 e. The molecule has 1 N–H and O–H groups in total. The Morgan fingerprint density at radius 1 is 1.28 bits per heavy atom. The van der Waals surface area contributed by atoms with Gasteiger partial charge in [-0.05, 0) is 43.0 Å². The Hall–Kier alpha value is -3.00. The van der Waals surface area contributed by atoms with Crippen LogP contribution in [-0.4, -0.2) is 43.2 Å². The van der Waals surface area contributed by atoms with E-state index in [-0.39, 0.29) is 23.8 Å². The molecule has 0 radical (unpaired) electrons. The number of likely N-dealkylation sites (tertiary alicyclic amines) is 1. The number of nitrogens with zero attached hydrogens (tertiary/aromatic N) is 4. The van der Waals surface area contributed by atoms with Crippen LogP contribution in [-0.2, 0) is 17.9 Å². The van der Waals surface area contributed by atoms with Crippen molar-refractivity contribution in [3.63, 3.8) is 0 Å². The van der Waals surface area contributed by atoms with Gasteiger partial charge in [-0.3, -0.25) is 9.59 Å². The van der Waals surface area contributed by atoms with Gasteiger partial charge in [-0.2, -0.15) is 5.10 Å². The molecule has 152 valence electrons. The maximum atomic E-state index is 13.2. The summed E-state index contributed by atoms with van der Waals surface area (Å²) in [5.41, 5.74) is 1.20. The number of aliphatic hydroxyl groups is 1. The summed E-state index contributed by atoms with van der Waals surface area (Å²) < 4.78 is 16.0. The Labute approximate surface area is 167 Å².